The number of nitrogens with zero attached hydrogens (tertiary/aromatic N) is 1. The van der Waals surface area contributed by atoms with Crippen molar-refractivity contribution in [3.63, 3.8) is 0 Å². The zero-order valence-corrected chi connectivity index (χ0v) is 10.4. The Morgan fingerprint density at radius 2 is 1.87 bits per heavy atom. The van der Waals surface area contributed by atoms with Crippen LogP contribution in [0.15, 0.2) is 0 Å². The van der Waals surface area contributed by atoms with Gasteiger partial charge in [-0.25, -0.2) is 0 Å². The van der Waals surface area contributed by atoms with Crippen LogP contribution in [0.25, 0.3) is 0 Å². The lowest BCUT2D eigenvalue weighted by Crippen LogP contribution is -2.56. The summed E-state index contributed by atoms with van der Waals surface area (Å²) in [4.78, 5) is 2.71. The normalized spacial score (nSPS) is 41.2. The van der Waals surface area contributed by atoms with E-state index in [0.29, 0.717) is 18.0 Å². The molecule has 0 aromatic heterocycles. The lowest BCUT2D eigenvalue weighted by molar-refractivity contribution is 0.0194. The predicted octanol–water partition coefficient (Wildman–Crippen LogP) is 2.23. The summed E-state index contributed by atoms with van der Waals surface area (Å²) in [6.07, 6.45) is 5.53. The first-order valence-electron chi connectivity index (χ1n) is 6.62. The Morgan fingerprint density at radius 3 is 2.40 bits per heavy atom. The second-order valence-electron chi connectivity index (χ2n) is 5.72. The van der Waals surface area contributed by atoms with Crippen LogP contribution in [0, 0.1) is 11.8 Å². The number of hydrogen-bond acceptors (Lipinski definition) is 2. The zero-order valence-electron chi connectivity index (χ0n) is 10.4. The van der Waals surface area contributed by atoms with E-state index >= 15 is 0 Å². The average Bonchev–Trinajstić information content (AvgIpc) is 2.11. The fourth-order valence-corrected chi connectivity index (χ4v) is 3.19. The molecule has 1 heterocycles. The Labute approximate surface area is 94.2 Å². The topological polar surface area (TPSA) is 29.3 Å². The highest BCUT2D eigenvalue weighted by Crippen LogP contribution is 2.35. The quantitative estimate of drug-likeness (QED) is 0.757. The standard InChI is InChI=1S/C13H26N2/c1-9-10(2)15(8-7-13(9)14)11(3)12-5-4-6-12/h9-13H,4-8,14H2,1-3H3. The van der Waals surface area contributed by atoms with E-state index in [0.717, 1.165) is 12.0 Å². The molecule has 15 heavy (non-hydrogen) atoms. The maximum Gasteiger partial charge on any atom is 0.0110 e. The van der Waals surface area contributed by atoms with Crippen LogP contribution in [0.3, 0.4) is 0 Å². The third kappa shape index (κ3) is 2.07. The van der Waals surface area contributed by atoms with Crippen LogP contribution in [-0.4, -0.2) is 29.6 Å². The van der Waals surface area contributed by atoms with E-state index in [9.17, 15) is 0 Å². The molecule has 0 bridgehead atoms. The van der Waals surface area contributed by atoms with Gasteiger partial charge in [0.15, 0.2) is 0 Å². The molecule has 0 aromatic carbocycles. The minimum atomic E-state index is 0.421. The number of hydrogen-bond donors (Lipinski definition) is 1. The fraction of sp³-hybridized carbons (Fsp3) is 1.00. The van der Waals surface area contributed by atoms with Gasteiger partial charge in [0.05, 0.1) is 0 Å². The summed E-state index contributed by atoms with van der Waals surface area (Å²) >= 11 is 0. The molecule has 2 aliphatic rings. The van der Waals surface area contributed by atoms with Crippen LogP contribution in [0.1, 0.15) is 46.5 Å². The van der Waals surface area contributed by atoms with Crippen molar-refractivity contribution in [1.29, 1.82) is 0 Å². The van der Waals surface area contributed by atoms with Gasteiger partial charge in [0.25, 0.3) is 0 Å². The minimum absolute atomic E-state index is 0.421. The number of nitrogens with two attached hydrogens (primary N) is 1. The summed E-state index contributed by atoms with van der Waals surface area (Å²) in [7, 11) is 0. The Kier molecular flexibility index (Phi) is 3.36. The highest BCUT2D eigenvalue weighted by atomic mass is 15.2. The van der Waals surface area contributed by atoms with Crippen LogP contribution in [0.2, 0.25) is 0 Å². The Hall–Kier alpha value is -0.0800. The van der Waals surface area contributed by atoms with Gasteiger partial charge in [0.2, 0.25) is 0 Å². The van der Waals surface area contributed by atoms with Gasteiger partial charge in [-0.2, -0.15) is 0 Å². The van der Waals surface area contributed by atoms with E-state index in [1.54, 1.807) is 0 Å². The summed E-state index contributed by atoms with van der Waals surface area (Å²) in [5.41, 5.74) is 6.13. The Morgan fingerprint density at radius 1 is 1.20 bits per heavy atom. The molecule has 0 aromatic rings. The molecule has 2 N–H and O–H groups in total. The van der Waals surface area contributed by atoms with Gasteiger partial charge in [-0.15, -0.1) is 0 Å². The summed E-state index contributed by atoms with van der Waals surface area (Å²) in [6, 6.07) is 1.87. The first-order chi connectivity index (χ1) is 7.11. The third-order valence-corrected chi connectivity index (χ3v) is 5.04. The fourth-order valence-electron chi connectivity index (χ4n) is 3.19. The molecule has 2 heteroatoms. The van der Waals surface area contributed by atoms with Crippen molar-refractivity contribution >= 4 is 0 Å². The molecule has 0 radical (unpaired) electrons. The minimum Gasteiger partial charge on any atom is -0.327 e. The Balaban J connectivity index is 1.96. The first kappa shape index (κ1) is 11.4. The second kappa shape index (κ2) is 4.42. The Bertz CT molecular complexity index is 209. The number of likely N-dealkylation sites (tertiary alicyclic amines) is 1. The van der Waals surface area contributed by atoms with Crippen LogP contribution >= 0.6 is 0 Å². The molecule has 1 saturated heterocycles. The molecule has 2 nitrogen and oxygen atoms in total. The molecule has 2 fully saturated rings. The van der Waals surface area contributed by atoms with Gasteiger partial charge in [-0.05, 0) is 44.9 Å². The van der Waals surface area contributed by atoms with Crippen LogP contribution in [-0.2, 0) is 0 Å². The van der Waals surface area contributed by atoms with E-state index in [2.05, 4.69) is 25.7 Å². The highest BCUT2D eigenvalue weighted by molar-refractivity contribution is 4.92. The van der Waals surface area contributed by atoms with Gasteiger partial charge >= 0.3 is 0 Å². The van der Waals surface area contributed by atoms with Gasteiger partial charge in [0.1, 0.15) is 0 Å². The van der Waals surface area contributed by atoms with Crippen molar-refractivity contribution in [3.8, 4) is 0 Å². The second-order valence-corrected chi connectivity index (χ2v) is 5.72. The van der Waals surface area contributed by atoms with Crippen LogP contribution < -0.4 is 5.73 Å². The van der Waals surface area contributed by atoms with Crippen molar-refractivity contribution in [3.05, 3.63) is 0 Å². The zero-order chi connectivity index (χ0) is 11.0. The van der Waals surface area contributed by atoms with E-state index in [1.807, 2.05) is 0 Å². The van der Waals surface area contributed by atoms with Gasteiger partial charge < -0.3 is 5.73 Å². The summed E-state index contributed by atoms with van der Waals surface area (Å²) < 4.78 is 0. The molecule has 0 spiro atoms. The molecule has 2 rings (SSSR count). The van der Waals surface area contributed by atoms with Crippen molar-refractivity contribution in [2.45, 2.75) is 64.6 Å². The molecular weight excluding hydrogens is 184 g/mol. The molecule has 1 saturated carbocycles. The first-order valence-corrected chi connectivity index (χ1v) is 6.62. The maximum absolute atomic E-state index is 6.13. The van der Waals surface area contributed by atoms with Gasteiger partial charge in [-0.3, -0.25) is 4.90 Å². The summed E-state index contributed by atoms with van der Waals surface area (Å²) in [6.45, 7) is 8.31. The lowest BCUT2D eigenvalue weighted by atomic mass is 9.77. The van der Waals surface area contributed by atoms with E-state index in [-0.39, 0.29) is 0 Å². The van der Waals surface area contributed by atoms with E-state index < -0.39 is 0 Å². The van der Waals surface area contributed by atoms with E-state index in [4.69, 9.17) is 5.73 Å². The van der Waals surface area contributed by atoms with Crippen molar-refractivity contribution < 1.29 is 0 Å². The summed E-state index contributed by atoms with van der Waals surface area (Å²) in [5.74, 6) is 1.62. The largest absolute Gasteiger partial charge is 0.327 e. The molecule has 1 aliphatic carbocycles. The summed E-state index contributed by atoms with van der Waals surface area (Å²) in [5, 5.41) is 0. The maximum atomic E-state index is 6.13. The molecule has 88 valence electrons. The monoisotopic (exact) mass is 210 g/mol. The van der Waals surface area contributed by atoms with Crippen molar-refractivity contribution in [1.82, 2.24) is 4.90 Å². The van der Waals surface area contributed by atoms with E-state index in [1.165, 1.54) is 32.2 Å². The smallest absolute Gasteiger partial charge is 0.0110 e. The van der Waals surface area contributed by atoms with Gasteiger partial charge in [-0.1, -0.05) is 13.3 Å². The highest BCUT2D eigenvalue weighted by Gasteiger charge is 2.36. The molecule has 1 aliphatic heterocycles. The van der Waals surface area contributed by atoms with Crippen molar-refractivity contribution in [2.75, 3.05) is 6.54 Å². The molecular formula is C13H26N2. The SMILES string of the molecule is CC1C(N)CCN(C(C)C2CCC2)C1C. The predicted molar refractivity (Wildman–Crippen MR) is 64.7 cm³/mol. The number of piperidine rings is 1. The van der Waals surface area contributed by atoms with Crippen LogP contribution in [0.4, 0.5) is 0 Å². The molecule has 4 atom stereocenters. The van der Waals surface area contributed by atoms with Crippen LogP contribution in [0.5, 0.6) is 0 Å². The average molecular weight is 210 g/mol. The molecule has 4 unspecified atom stereocenters. The lowest BCUT2D eigenvalue weighted by Gasteiger charge is -2.48. The molecule has 0 amide bonds. The number of rotatable bonds is 2. The van der Waals surface area contributed by atoms with Gasteiger partial charge in [0, 0.05) is 24.7 Å². The van der Waals surface area contributed by atoms with Crippen molar-refractivity contribution in [2.24, 2.45) is 17.6 Å². The third-order valence-electron chi connectivity index (χ3n) is 5.04.